The molecule has 0 unspecified atom stereocenters. The Balaban J connectivity index is 1.90. The second-order valence-electron chi connectivity index (χ2n) is 6.23. The Bertz CT molecular complexity index is 442. The number of rotatable bonds is 3. The van der Waals surface area contributed by atoms with Crippen molar-refractivity contribution in [2.75, 3.05) is 32.7 Å². The van der Waals surface area contributed by atoms with Crippen molar-refractivity contribution in [3.63, 3.8) is 0 Å². The third-order valence-electron chi connectivity index (χ3n) is 4.54. The number of carboxylic acid groups (broad SMARTS) is 1. The number of hydrogen-bond donors (Lipinski definition) is 2. The molecule has 0 bridgehead atoms. The van der Waals surface area contributed by atoms with E-state index in [1.165, 1.54) is 0 Å². The van der Waals surface area contributed by atoms with E-state index in [-0.39, 0.29) is 24.3 Å². The summed E-state index contributed by atoms with van der Waals surface area (Å²) in [5.41, 5.74) is -0.687. The van der Waals surface area contributed by atoms with Crippen LogP contribution in [0.25, 0.3) is 0 Å². The number of hydrogen-bond acceptors (Lipinski definition) is 4. The van der Waals surface area contributed by atoms with Gasteiger partial charge in [0, 0.05) is 26.2 Å². The SMILES string of the molecule is CC1(C)C(=O)NCCN1CC(=O)N1CCC(C(=O)O)CC1. The molecule has 2 saturated heterocycles. The van der Waals surface area contributed by atoms with Crippen molar-refractivity contribution in [1.82, 2.24) is 15.1 Å². The van der Waals surface area contributed by atoms with Crippen molar-refractivity contribution in [1.29, 1.82) is 0 Å². The molecule has 2 aliphatic rings. The summed E-state index contributed by atoms with van der Waals surface area (Å²) in [6, 6.07) is 0. The predicted molar refractivity (Wildman–Crippen MR) is 75.6 cm³/mol. The maximum absolute atomic E-state index is 12.3. The monoisotopic (exact) mass is 297 g/mol. The molecule has 118 valence electrons. The van der Waals surface area contributed by atoms with Gasteiger partial charge in [-0.1, -0.05) is 0 Å². The van der Waals surface area contributed by atoms with Crippen LogP contribution in [0.4, 0.5) is 0 Å². The Morgan fingerprint density at radius 1 is 1.29 bits per heavy atom. The normalized spacial score (nSPS) is 23.7. The van der Waals surface area contributed by atoms with Crippen LogP contribution in [0.1, 0.15) is 26.7 Å². The highest BCUT2D eigenvalue weighted by Crippen LogP contribution is 2.20. The summed E-state index contributed by atoms with van der Waals surface area (Å²) in [7, 11) is 0. The quantitative estimate of drug-likeness (QED) is 0.734. The van der Waals surface area contributed by atoms with Gasteiger partial charge in [0.2, 0.25) is 11.8 Å². The van der Waals surface area contributed by atoms with Crippen LogP contribution in [0.15, 0.2) is 0 Å². The Morgan fingerprint density at radius 2 is 1.90 bits per heavy atom. The van der Waals surface area contributed by atoms with Crippen molar-refractivity contribution in [2.24, 2.45) is 5.92 Å². The number of aliphatic carboxylic acids is 1. The standard InChI is InChI=1S/C14H23N3O4/c1-14(2)13(21)15-5-8-17(14)9-11(18)16-6-3-10(4-7-16)12(19)20/h10H,3-9H2,1-2H3,(H,15,21)(H,19,20). The minimum Gasteiger partial charge on any atom is -0.481 e. The highest BCUT2D eigenvalue weighted by molar-refractivity contribution is 5.87. The van der Waals surface area contributed by atoms with E-state index in [4.69, 9.17) is 5.11 Å². The molecule has 0 aromatic rings. The molecular weight excluding hydrogens is 274 g/mol. The summed E-state index contributed by atoms with van der Waals surface area (Å²) in [5.74, 6) is -1.21. The molecule has 0 spiro atoms. The zero-order valence-electron chi connectivity index (χ0n) is 12.6. The topological polar surface area (TPSA) is 90.0 Å². The first kappa shape index (κ1) is 15.8. The average Bonchev–Trinajstić information content (AvgIpc) is 2.44. The summed E-state index contributed by atoms with van der Waals surface area (Å²) in [6.45, 7) is 5.99. The summed E-state index contributed by atoms with van der Waals surface area (Å²) in [5, 5.41) is 11.8. The van der Waals surface area contributed by atoms with E-state index in [1.807, 2.05) is 18.7 Å². The number of carboxylic acids is 1. The van der Waals surface area contributed by atoms with Gasteiger partial charge in [-0.2, -0.15) is 0 Å². The van der Waals surface area contributed by atoms with Crippen molar-refractivity contribution in [2.45, 2.75) is 32.2 Å². The van der Waals surface area contributed by atoms with Crippen LogP contribution in [0, 0.1) is 5.92 Å². The summed E-state index contributed by atoms with van der Waals surface area (Å²) >= 11 is 0. The molecule has 7 heteroatoms. The van der Waals surface area contributed by atoms with Gasteiger partial charge in [0.15, 0.2) is 0 Å². The summed E-state index contributed by atoms with van der Waals surface area (Å²) < 4.78 is 0. The van der Waals surface area contributed by atoms with Crippen LogP contribution in [0.5, 0.6) is 0 Å². The Labute approximate surface area is 124 Å². The van der Waals surface area contributed by atoms with Gasteiger partial charge in [0.25, 0.3) is 0 Å². The average molecular weight is 297 g/mol. The van der Waals surface area contributed by atoms with E-state index < -0.39 is 11.5 Å². The maximum atomic E-state index is 12.3. The van der Waals surface area contributed by atoms with Gasteiger partial charge < -0.3 is 15.3 Å². The first-order valence-corrected chi connectivity index (χ1v) is 7.36. The molecule has 0 aromatic heterocycles. The van der Waals surface area contributed by atoms with Gasteiger partial charge in [0.1, 0.15) is 0 Å². The number of piperazine rings is 1. The van der Waals surface area contributed by atoms with E-state index >= 15 is 0 Å². The molecule has 21 heavy (non-hydrogen) atoms. The molecule has 2 rings (SSSR count). The molecule has 7 nitrogen and oxygen atoms in total. The predicted octanol–water partition coefficient (Wildman–Crippen LogP) is -0.480. The van der Waals surface area contributed by atoms with Crippen molar-refractivity contribution >= 4 is 17.8 Å². The fourth-order valence-electron chi connectivity index (χ4n) is 2.86. The number of carbonyl (C=O) groups excluding carboxylic acids is 2. The highest BCUT2D eigenvalue weighted by atomic mass is 16.4. The molecule has 2 fully saturated rings. The van der Waals surface area contributed by atoms with E-state index in [0.29, 0.717) is 39.0 Å². The van der Waals surface area contributed by atoms with Crippen molar-refractivity contribution in [3.05, 3.63) is 0 Å². The van der Waals surface area contributed by atoms with E-state index in [1.54, 1.807) is 4.90 Å². The molecule has 2 heterocycles. The molecule has 2 N–H and O–H groups in total. The van der Waals surface area contributed by atoms with Gasteiger partial charge >= 0.3 is 5.97 Å². The fourth-order valence-corrected chi connectivity index (χ4v) is 2.86. The van der Waals surface area contributed by atoms with Crippen LogP contribution in [0.2, 0.25) is 0 Å². The second-order valence-corrected chi connectivity index (χ2v) is 6.23. The summed E-state index contributed by atoms with van der Waals surface area (Å²) in [4.78, 5) is 38.7. The lowest BCUT2D eigenvalue weighted by Gasteiger charge is -2.42. The van der Waals surface area contributed by atoms with Crippen LogP contribution >= 0.6 is 0 Å². The number of amides is 2. The minimum atomic E-state index is -0.782. The van der Waals surface area contributed by atoms with Gasteiger partial charge in [-0.3, -0.25) is 19.3 Å². The third-order valence-corrected chi connectivity index (χ3v) is 4.54. The van der Waals surface area contributed by atoms with Gasteiger partial charge in [0.05, 0.1) is 18.0 Å². The van der Waals surface area contributed by atoms with E-state index in [0.717, 1.165) is 0 Å². The number of carbonyl (C=O) groups is 3. The minimum absolute atomic E-state index is 0.0263. The van der Waals surface area contributed by atoms with Crippen LogP contribution in [-0.4, -0.2) is 71.0 Å². The Morgan fingerprint density at radius 3 is 2.48 bits per heavy atom. The fraction of sp³-hybridized carbons (Fsp3) is 0.786. The van der Waals surface area contributed by atoms with Crippen LogP contribution < -0.4 is 5.32 Å². The molecule has 2 amide bonds. The summed E-state index contributed by atoms with van der Waals surface area (Å²) in [6.07, 6.45) is 1.01. The van der Waals surface area contributed by atoms with E-state index in [2.05, 4.69) is 5.32 Å². The number of piperidine rings is 1. The lowest BCUT2D eigenvalue weighted by molar-refractivity contribution is -0.147. The first-order valence-electron chi connectivity index (χ1n) is 7.36. The molecule has 0 saturated carbocycles. The Kier molecular flexibility index (Phi) is 4.51. The molecule has 2 aliphatic heterocycles. The molecule has 0 aromatic carbocycles. The van der Waals surface area contributed by atoms with Gasteiger partial charge in [-0.05, 0) is 26.7 Å². The largest absolute Gasteiger partial charge is 0.481 e. The third kappa shape index (κ3) is 3.34. The number of nitrogens with one attached hydrogen (secondary N) is 1. The smallest absolute Gasteiger partial charge is 0.306 e. The molecular formula is C14H23N3O4. The molecule has 0 aliphatic carbocycles. The maximum Gasteiger partial charge on any atom is 0.306 e. The zero-order chi connectivity index (χ0) is 15.6. The van der Waals surface area contributed by atoms with Crippen LogP contribution in [0.3, 0.4) is 0 Å². The number of nitrogens with zero attached hydrogens (tertiary/aromatic N) is 2. The molecule has 0 radical (unpaired) electrons. The lowest BCUT2D eigenvalue weighted by Crippen LogP contribution is -2.63. The van der Waals surface area contributed by atoms with Gasteiger partial charge in [-0.25, -0.2) is 0 Å². The second kappa shape index (κ2) is 6.01. The Hall–Kier alpha value is -1.63. The van der Waals surface area contributed by atoms with Crippen molar-refractivity contribution in [3.8, 4) is 0 Å². The van der Waals surface area contributed by atoms with Crippen LogP contribution in [-0.2, 0) is 14.4 Å². The number of likely N-dealkylation sites (tertiary alicyclic amines) is 1. The van der Waals surface area contributed by atoms with Crippen molar-refractivity contribution < 1.29 is 19.5 Å². The lowest BCUT2D eigenvalue weighted by atomic mass is 9.96. The van der Waals surface area contributed by atoms with Gasteiger partial charge in [-0.15, -0.1) is 0 Å². The molecule has 0 atom stereocenters. The zero-order valence-corrected chi connectivity index (χ0v) is 12.6. The van der Waals surface area contributed by atoms with E-state index in [9.17, 15) is 14.4 Å². The first-order chi connectivity index (χ1) is 9.82. The highest BCUT2D eigenvalue weighted by Gasteiger charge is 2.39.